The summed E-state index contributed by atoms with van der Waals surface area (Å²) in [6.07, 6.45) is 0. The summed E-state index contributed by atoms with van der Waals surface area (Å²) in [6.45, 7) is 3.34. The van der Waals surface area contributed by atoms with Gasteiger partial charge in [0.2, 0.25) is 5.91 Å². The van der Waals surface area contributed by atoms with Crippen LogP contribution in [0, 0.1) is 11.3 Å². The number of piperazine rings is 1. The zero-order valence-electron chi connectivity index (χ0n) is 18.0. The van der Waals surface area contributed by atoms with Crippen LogP contribution >= 0.6 is 0 Å². The molecule has 2 aromatic rings. The maximum Gasteiger partial charge on any atom is 0.320 e. The van der Waals surface area contributed by atoms with Crippen molar-refractivity contribution in [3.63, 3.8) is 0 Å². The molecule has 1 heterocycles. The lowest BCUT2D eigenvalue weighted by Gasteiger charge is -2.40. The van der Waals surface area contributed by atoms with Crippen LogP contribution in [-0.4, -0.2) is 66.4 Å². The Morgan fingerprint density at radius 2 is 1.91 bits per heavy atom. The van der Waals surface area contributed by atoms with Crippen LogP contribution in [-0.2, 0) is 20.9 Å². The van der Waals surface area contributed by atoms with Gasteiger partial charge < -0.3 is 15.0 Å². The van der Waals surface area contributed by atoms with Gasteiger partial charge in [0.05, 0.1) is 24.8 Å². The highest BCUT2D eigenvalue weighted by Crippen LogP contribution is 2.16. The van der Waals surface area contributed by atoms with Gasteiger partial charge in [-0.05, 0) is 30.7 Å². The number of hydrogen-bond acceptors (Lipinski definition) is 6. The minimum absolute atomic E-state index is 0.0578. The molecule has 0 spiro atoms. The molecule has 32 heavy (non-hydrogen) atoms. The zero-order chi connectivity index (χ0) is 22.9. The number of nitrogens with one attached hydrogen (secondary N) is 1. The summed E-state index contributed by atoms with van der Waals surface area (Å²) in [5.74, 6) is -0.984. The first-order valence-electron chi connectivity index (χ1n) is 10.5. The van der Waals surface area contributed by atoms with Gasteiger partial charge in [-0.25, -0.2) is 0 Å². The van der Waals surface area contributed by atoms with Gasteiger partial charge in [-0.2, -0.15) is 5.26 Å². The van der Waals surface area contributed by atoms with Crippen molar-refractivity contribution in [2.75, 3.05) is 32.8 Å². The van der Waals surface area contributed by atoms with Gasteiger partial charge in [-0.1, -0.05) is 36.4 Å². The number of carbonyl (C=O) groups is 3. The first-order chi connectivity index (χ1) is 15.5. The molecule has 0 radical (unpaired) electrons. The Balaban J connectivity index is 1.77. The van der Waals surface area contributed by atoms with Crippen LogP contribution in [0.1, 0.15) is 28.4 Å². The molecule has 0 saturated carbocycles. The van der Waals surface area contributed by atoms with Crippen LogP contribution in [0.15, 0.2) is 54.6 Å². The number of hydrogen-bond donors (Lipinski definition) is 1. The summed E-state index contributed by atoms with van der Waals surface area (Å²) >= 11 is 0. The molecule has 2 amide bonds. The Morgan fingerprint density at radius 3 is 2.62 bits per heavy atom. The lowest BCUT2D eigenvalue weighted by atomic mass is 10.1. The molecule has 166 valence electrons. The van der Waals surface area contributed by atoms with Gasteiger partial charge in [0.15, 0.2) is 0 Å². The van der Waals surface area contributed by atoms with Crippen LogP contribution in [0.2, 0.25) is 0 Å². The van der Waals surface area contributed by atoms with Crippen molar-refractivity contribution in [3.8, 4) is 6.07 Å². The maximum atomic E-state index is 13.2. The number of nitrogens with zero attached hydrogens (tertiary/aromatic N) is 3. The molecule has 1 unspecified atom stereocenters. The second kappa shape index (κ2) is 11.1. The normalized spacial score (nSPS) is 16.1. The molecule has 8 heteroatoms. The summed E-state index contributed by atoms with van der Waals surface area (Å²) in [5.41, 5.74) is 1.67. The van der Waals surface area contributed by atoms with Gasteiger partial charge in [0, 0.05) is 31.7 Å². The predicted molar refractivity (Wildman–Crippen MR) is 117 cm³/mol. The molecule has 0 bridgehead atoms. The predicted octanol–water partition coefficient (Wildman–Crippen LogP) is 1.56. The Morgan fingerprint density at radius 1 is 1.12 bits per heavy atom. The molecule has 1 N–H and O–H groups in total. The van der Waals surface area contributed by atoms with Crippen LogP contribution in [0.4, 0.5) is 0 Å². The third kappa shape index (κ3) is 5.93. The fourth-order valence-electron chi connectivity index (χ4n) is 3.63. The molecular formula is C24H26N4O4. The largest absolute Gasteiger partial charge is 0.465 e. The van der Waals surface area contributed by atoms with E-state index in [1.807, 2.05) is 41.3 Å². The van der Waals surface area contributed by atoms with Gasteiger partial charge in [0.25, 0.3) is 5.91 Å². The summed E-state index contributed by atoms with van der Waals surface area (Å²) in [7, 11) is 0. The Labute approximate surface area is 187 Å². The number of rotatable bonds is 7. The number of nitriles is 1. The first kappa shape index (κ1) is 23.0. The van der Waals surface area contributed by atoms with E-state index < -0.39 is 6.04 Å². The number of carbonyl (C=O) groups excluding carboxylic acids is 3. The molecule has 1 aliphatic rings. The summed E-state index contributed by atoms with van der Waals surface area (Å²) < 4.78 is 5.02. The third-order valence-corrected chi connectivity index (χ3v) is 5.23. The summed E-state index contributed by atoms with van der Waals surface area (Å²) in [5, 5.41) is 12.0. The van der Waals surface area contributed by atoms with E-state index in [4.69, 9.17) is 10.00 Å². The SMILES string of the molecule is CCOC(=O)CN1CCN(C(=O)c2cccc(C#N)c2)C(C(=O)NCc2ccccc2)C1. The molecule has 1 saturated heterocycles. The van der Waals surface area contributed by atoms with E-state index in [2.05, 4.69) is 5.32 Å². The van der Waals surface area contributed by atoms with Crippen molar-refractivity contribution in [1.29, 1.82) is 5.26 Å². The lowest BCUT2D eigenvalue weighted by Crippen LogP contribution is -2.61. The Hall–Kier alpha value is -3.70. The standard InChI is InChI=1S/C24H26N4O4/c1-2-32-22(29)17-27-11-12-28(24(31)20-10-6-9-19(13-20)14-25)21(16-27)23(30)26-15-18-7-4-3-5-8-18/h3-10,13,21H,2,11-12,15-17H2,1H3,(H,26,30). The monoisotopic (exact) mass is 434 g/mol. The number of amides is 2. The molecule has 0 aromatic heterocycles. The third-order valence-electron chi connectivity index (χ3n) is 5.23. The zero-order valence-corrected chi connectivity index (χ0v) is 18.0. The fraction of sp³-hybridized carbons (Fsp3) is 0.333. The molecular weight excluding hydrogens is 408 g/mol. The van der Waals surface area contributed by atoms with Crippen LogP contribution < -0.4 is 5.32 Å². The highest BCUT2D eigenvalue weighted by Gasteiger charge is 2.36. The average molecular weight is 434 g/mol. The summed E-state index contributed by atoms with van der Waals surface area (Å²) in [6, 6.07) is 17.2. The van der Waals surface area contributed by atoms with E-state index in [1.165, 1.54) is 11.0 Å². The van der Waals surface area contributed by atoms with Crippen molar-refractivity contribution in [2.24, 2.45) is 0 Å². The smallest absolute Gasteiger partial charge is 0.320 e. The van der Waals surface area contributed by atoms with E-state index in [1.54, 1.807) is 25.1 Å². The fourth-order valence-corrected chi connectivity index (χ4v) is 3.63. The van der Waals surface area contributed by atoms with Crippen LogP contribution in [0.5, 0.6) is 0 Å². The highest BCUT2D eigenvalue weighted by atomic mass is 16.5. The van der Waals surface area contributed by atoms with Gasteiger partial charge in [0.1, 0.15) is 6.04 Å². The van der Waals surface area contributed by atoms with Crippen LogP contribution in [0.3, 0.4) is 0 Å². The van der Waals surface area contributed by atoms with E-state index in [9.17, 15) is 14.4 Å². The van der Waals surface area contributed by atoms with Crippen LogP contribution in [0.25, 0.3) is 0 Å². The average Bonchev–Trinajstić information content (AvgIpc) is 2.83. The highest BCUT2D eigenvalue weighted by molar-refractivity contribution is 5.98. The number of benzene rings is 2. The summed E-state index contributed by atoms with van der Waals surface area (Å²) in [4.78, 5) is 41.6. The van der Waals surface area contributed by atoms with Crippen molar-refractivity contribution >= 4 is 17.8 Å². The molecule has 1 aliphatic heterocycles. The minimum Gasteiger partial charge on any atom is -0.465 e. The quantitative estimate of drug-likeness (QED) is 0.664. The lowest BCUT2D eigenvalue weighted by molar-refractivity contribution is -0.145. The molecule has 2 aromatic carbocycles. The Kier molecular flexibility index (Phi) is 7.95. The van der Waals surface area contributed by atoms with E-state index in [-0.39, 0.29) is 44.0 Å². The number of ether oxygens (including phenoxy) is 1. The molecule has 3 rings (SSSR count). The van der Waals surface area contributed by atoms with Crippen molar-refractivity contribution in [3.05, 3.63) is 71.3 Å². The van der Waals surface area contributed by atoms with E-state index >= 15 is 0 Å². The Bertz CT molecular complexity index is 1000. The molecule has 1 atom stereocenters. The first-order valence-corrected chi connectivity index (χ1v) is 10.5. The van der Waals surface area contributed by atoms with E-state index in [0.717, 1.165) is 5.56 Å². The maximum absolute atomic E-state index is 13.2. The van der Waals surface area contributed by atoms with E-state index in [0.29, 0.717) is 24.2 Å². The molecule has 0 aliphatic carbocycles. The minimum atomic E-state index is -0.778. The van der Waals surface area contributed by atoms with Gasteiger partial charge in [-0.15, -0.1) is 0 Å². The number of esters is 1. The van der Waals surface area contributed by atoms with Crippen molar-refractivity contribution in [2.45, 2.75) is 19.5 Å². The molecule has 1 fully saturated rings. The van der Waals surface area contributed by atoms with Gasteiger partial charge >= 0.3 is 5.97 Å². The topological polar surface area (TPSA) is 103 Å². The van der Waals surface area contributed by atoms with Crippen molar-refractivity contribution < 1.29 is 19.1 Å². The van der Waals surface area contributed by atoms with Crippen molar-refractivity contribution in [1.82, 2.24) is 15.1 Å². The molecule has 8 nitrogen and oxygen atoms in total. The second-order valence-electron chi connectivity index (χ2n) is 7.45. The van der Waals surface area contributed by atoms with Gasteiger partial charge in [-0.3, -0.25) is 19.3 Å². The second-order valence-corrected chi connectivity index (χ2v) is 7.45.